The van der Waals surface area contributed by atoms with Crippen LogP contribution in [-0.2, 0) is 6.54 Å². The topological polar surface area (TPSA) is 29.9 Å². The molecule has 2 rings (SSSR count). The first kappa shape index (κ1) is 9.71. The molecular formula is C11H19N3. The number of nitrogens with one attached hydrogen (secondary N) is 1. The number of hydrogen-bond donors (Lipinski definition) is 1. The molecule has 1 aromatic heterocycles. The molecule has 0 radical (unpaired) electrons. The summed E-state index contributed by atoms with van der Waals surface area (Å²) in [5.41, 5.74) is 1.31. The largest absolute Gasteiger partial charge is 0.330 e. The van der Waals surface area contributed by atoms with E-state index in [0.717, 1.165) is 19.0 Å². The van der Waals surface area contributed by atoms with E-state index in [1.807, 2.05) is 12.5 Å². The van der Waals surface area contributed by atoms with Crippen molar-refractivity contribution in [2.45, 2.75) is 39.3 Å². The second-order valence-corrected chi connectivity index (χ2v) is 4.15. The van der Waals surface area contributed by atoms with E-state index in [4.69, 9.17) is 0 Å². The second kappa shape index (κ2) is 4.13. The summed E-state index contributed by atoms with van der Waals surface area (Å²) in [6.07, 6.45) is 6.72. The van der Waals surface area contributed by atoms with Crippen LogP contribution >= 0.6 is 0 Å². The molecule has 0 aromatic carbocycles. The number of nitrogens with zero attached hydrogens (tertiary/aromatic N) is 2. The van der Waals surface area contributed by atoms with Gasteiger partial charge in [0.05, 0.1) is 12.0 Å². The summed E-state index contributed by atoms with van der Waals surface area (Å²) in [6.45, 7) is 6.39. The highest BCUT2D eigenvalue weighted by molar-refractivity contribution is 5.01. The third-order valence-electron chi connectivity index (χ3n) is 3.05. The fraction of sp³-hybridized carbons (Fsp3) is 0.727. The van der Waals surface area contributed by atoms with E-state index < -0.39 is 0 Å². The van der Waals surface area contributed by atoms with Crippen LogP contribution in [-0.4, -0.2) is 16.1 Å². The Morgan fingerprint density at radius 1 is 1.64 bits per heavy atom. The smallest absolute Gasteiger partial charge is 0.0951 e. The molecule has 14 heavy (non-hydrogen) atoms. The summed E-state index contributed by atoms with van der Waals surface area (Å²) in [5, 5.41) is 3.34. The Kier molecular flexibility index (Phi) is 2.87. The average molecular weight is 193 g/mol. The summed E-state index contributed by atoms with van der Waals surface area (Å²) in [4.78, 5) is 4.23. The van der Waals surface area contributed by atoms with Crippen LogP contribution in [0.2, 0.25) is 0 Å². The van der Waals surface area contributed by atoms with Crippen molar-refractivity contribution >= 4 is 0 Å². The van der Waals surface area contributed by atoms with Crippen LogP contribution in [0.25, 0.3) is 0 Å². The molecule has 1 unspecified atom stereocenters. The zero-order chi connectivity index (χ0) is 9.97. The van der Waals surface area contributed by atoms with Gasteiger partial charge in [0.1, 0.15) is 0 Å². The number of aromatic nitrogens is 2. The number of hydrogen-bond acceptors (Lipinski definition) is 2. The van der Waals surface area contributed by atoms with E-state index in [9.17, 15) is 0 Å². The Morgan fingerprint density at radius 3 is 3.07 bits per heavy atom. The van der Waals surface area contributed by atoms with Gasteiger partial charge in [-0.2, -0.15) is 0 Å². The predicted octanol–water partition coefficient (Wildman–Crippen LogP) is 1.96. The molecule has 0 saturated heterocycles. The molecular weight excluding hydrogens is 174 g/mol. The predicted molar refractivity (Wildman–Crippen MR) is 57.0 cm³/mol. The van der Waals surface area contributed by atoms with Crippen LogP contribution < -0.4 is 5.32 Å². The normalized spacial score (nSPS) is 18.4. The molecule has 0 bridgehead atoms. The minimum atomic E-state index is 0.631. The summed E-state index contributed by atoms with van der Waals surface area (Å²) in [5.74, 6) is 0.893. The van der Waals surface area contributed by atoms with Crippen molar-refractivity contribution in [2.24, 2.45) is 5.92 Å². The molecule has 3 nitrogen and oxygen atoms in total. The zero-order valence-corrected chi connectivity index (χ0v) is 9.03. The minimum absolute atomic E-state index is 0.631. The highest BCUT2D eigenvalue weighted by Crippen LogP contribution is 2.39. The fourth-order valence-corrected chi connectivity index (χ4v) is 1.89. The molecule has 1 saturated carbocycles. The lowest BCUT2D eigenvalue weighted by molar-refractivity contribution is 0.464. The Hall–Kier alpha value is -0.830. The van der Waals surface area contributed by atoms with Crippen molar-refractivity contribution in [2.75, 3.05) is 6.54 Å². The lowest BCUT2D eigenvalue weighted by Gasteiger charge is -2.15. The second-order valence-electron chi connectivity index (χ2n) is 4.15. The molecule has 0 amide bonds. The number of imidazole rings is 1. The molecule has 1 heterocycles. The summed E-state index contributed by atoms with van der Waals surface area (Å²) in [6, 6.07) is 0.631. The first-order valence-corrected chi connectivity index (χ1v) is 5.54. The highest BCUT2D eigenvalue weighted by atomic mass is 15.1. The molecule has 78 valence electrons. The zero-order valence-electron chi connectivity index (χ0n) is 9.03. The van der Waals surface area contributed by atoms with Gasteiger partial charge in [-0.25, -0.2) is 4.98 Å². The summed E-state index contributed by atoms with van der Waals surface area (Å²) >= 11 is 0. The maximum Gasteiger partial charge on any atom is 0.0951 e. The third kappa shape index (κ3) is 1.98. The van der Waals surface area contributed by atoms with Crippen molar-refractivity contribution in [3.63, 3.8) is 0 Å². The van der Waals surface area contributed by atoms with Crippen LogP contribution in [0.3, 0.4) is 0 Å². The summed E-state index contributed by atoms with van der Waals surface area (Å²) < 4.78 is 2.32. The van der Waals surface area contributed by atoms with E-state index in [2.05, 4.69) is 28.7 Å². The Balaban J connectivity index is 2.03. The van der Waals surface area contributed by atoms with Crippen LogP contribution in [0.15, 0.2) is 12.5 Å². The molecule has 1 atom stereocenters. The van der Waals surface area contributed by atoms with Gasteiger partial charge in [-0.15, -0.1) is 0 Å². The van der Waals surface area contributed by atoms with Gasteiger partial charge in [0.15, 0.2) is 0 Å². The molecule has 1 aromatic rings. The van der Waals surface area contributed by atoms with Gasteiger partial charge in [-0.1, -0.05) is 6.92 Å². The van der Waals surface area contributed by atoms with Gasteiger partial charge < -0.3 is 9.88 Å². The monoisotopic (exact) mass is 193 g/mol. The first-order valence-electron chi connectivity index (χ1n) is 5.54. The van der Waals surface area contributed by atoms with E-state index >= 15 is 0 Å². The SMILES string of the molecule is CCNCc1cncn1C(C)C1CC1. The maximum atomic E-state index is 4.23. The van der Waals surface area contributed by atoms with E-state index in [-0.39, 0.29) is 0 Å². The quantitative estimate of drug-likeness (QED) is 0.774. The van der Waals surface area contributed by atoms with Crippen molar-refractivity contribution in [1.29, 1.82) is 0 Å². The molecule has 3 heteroatoms. The first-order chi connectivity index (χ1) is 6.83. The van der Waals surface area contributed by atoms with Crippen LogP contribution in [0.5, 0.6) is 0 Å². The van der Waals surface area contributed by atoms with Crippen molar-refractivity contribution in [3.8, 4) is 0 Å². The number of rotatable bonds is 5. The van der Waals surface area contributed by atoms with E-state index in [1.165, 1.54) is 18.5 Å². The van der Waals surface area contributed by atoms with Crippen molar-refractivity contribution in [1.82, 2.24) is 14.9 Å². The molecule has 0 aliphatic heterocycles. The van der Waals surface area contributed by atoms with Gasteiger partial charge >= 0.3 is 0 Å². The highest BCUT2D eigenvalue weighted by Gasteiger charge is 2.29. The van der Waals surface area contributed by atoms with Crippen LogP contribution in [0.1, 0.15) is 38.4 Å². The lowest BCUT2D eigenvalue weighted by Crippen LogP contribution is -2.17. The van der Waals surface area contributed by atoms with Gasteiger partial charge in [0.25, 0.3) is 0 Å². The Bertz CT molecular complexity index is 288. The van der Waals surface area contributed by atoms with Gasteiger partial charge in [-0.05, 0) is 32.2 Å². The van der Waals surface area contributed by atoms with E-state index in [1.54, 1.807) is 0 Å². The molecule has 1 fully saturated rings. The van der Waals surface area contributed by atoms with Gasteiger partial charge in [0, 0.05) is 18.8 Å². The Morgan fingerprint density at radius 2 is 2.43 bits per heavy atom. The standard InChI is InChI=1S/C11H19N3/c1-3-12-6-11-7-13-8-14(11)9(2)10-4-5-10/h7-10,12H,3-6H2,1-2H3. The average Bonchev–Trinajstić information content (AvgIpc) is 2.93. The molecule has 1 aliphatic carbocycles. The van der Waals surface area contributed by atoms with Crippen LogP contribution in [0.4, 0.5) is 0 Å². The summed E-state index contributed by atoms with van der Waals surface area (Å²) in [7, 11) is 0. The lowest BCUT2D eigenvalue weighted by atomic mass is 10.2. The van der Waals surface area contributed by atoms with Crippen molar-refractivity contribution in [3.05, 3.63) is 18.2 Å². The van der Waals surface area contributed by atoms with Gasteiger partial charge in [-0.3, -0.25) is 0 Å². The molecule has 0 spiro atoms. The van der Waals surface area contributed by atoms with E-state index in [0.29, 0.717) is 6.04 Å². The molecule has 1 aliphatic rings. The van der Waals surface area contributed by atoms with Gasteiger partial charge in [0.2, 0.25) is 0 Å². The minimum Gasteiger partial charge on any atom is -0.330 e. The van der Waals surface area contributed by atoms with Crippen LogP contribution in [0, 0.1) is 5.92 Å². The maximum absolute atomic E-state index is 4.23. The van der Waals surface area contributed by atoms with Crippen molar-refractivity contribution < 1.29 is 0 Å². The fourth-order valence-electron chi connectivity index (χ4n) is 1.89. The third-order valence-corrected chi connectivity index (χ3v) is 3.05. The molecule has 1 N–H and O–H groups in total. The Labute approximate surface area is 85.5 Å².